The highest BCUT2D eigenvalue weighted by Gasteiger charge is 2.41. The average Bonchev–Trinajstić information content (AvgIpc) is 3.48. The number of hydrogen-bond donors (Lipinski definition) is 1. The normalized spacial score (nSPS) is 25.0. The molecule has 0 unspecified atom stereocenters. The minimum Gasteiger partial charge on any atom is -0.344 e. The molecule has 7 rings (SSSR count). The maximum atomic E-state index is 15.7. The van der Waals surface area contributed by atoms with Crippen molar-refractivity contribution in [1.29, 1.82) is 0 Å². The quantitative estimate of drug-likeness (QED) is 0.471. The lowest BCUT2D eigenvalue weighted by Crippen LogP contribution is -2.39. The van der Waals surface area contributed by atoms with Crippen molar-refractivity contribution in [2.75, 3.05) is 0 Å². The van der Waals surface area contributed by atoms with E-state index >= 15 is 4.39 Å². The van der Waals surface area contributed by atoms with E-state index in [4.69, 9.17) is 16.6 Å². The van der Waals surface area contributed by atoms with Crippen molar-refractivity contribution >= 4 is 22.8 Å². The SMILES string of the molecule is C[C@H]1C2CCC(CC2)[C@@H]1Cc1nc(-c2c[nH]c3ncc(Cl)nc23)nc(-n2ccnc2)c1F. The molecule has 2 atom stereocenters. The van der Waals surface area contributed by atoms with Gasteiger partial charge < -0.3 is 4.98 Å². The van der Waals surface area contributed by atoms with E-state index in [1.807, 2.05) is 0 Å². The molecule has 0 spiro atoms. The first-order valence-electron chi connectivity index (χ1n) is 11.1. The minimum atomic E-state index is -0.385. The Morgan fingerprint density at radius 3 is 2.72 bits per heavy atom. The van der Waals surface area contributed by atoms with Gasteiger partial charge >= 0.3 is 0 Å². The molecule has 3 saturated carbocycles. The first-order chi connectivity index (χ1) is 15.6. The summed E-state index contributed by atoms with van der Waals surface area (Å²) in [5, 5.41) is 0.280. The van der Waals surface area contributed by atoms with Crippen molar-refractivity contribution in [3.63, 3.8) is 0 Å². The van der Waals surface area contributed by atoms with Crippen LogP contribution < -0.4 is 0 Å². The second kappa shape index (κ2) is 7.62. The van der Waals surface area contributed by atoms with E-state index in [-0.39, 0.29) is 16.8 Å². The van der Waals surface area contributed by atoms with Crippen molar-refractivity contribution in [2.45, 2.75) is 39.0 Å². The van der Waals surface area contributed by atoms with Gasteiger partial charge in [-0.25, -0.2) is 29.3 Å². The van der Waals surface area contributed by atoms with Gasteiger partial charge in [0, 0.05) is 18.6 Å². The van der Waals surface area contributed by atoms with Crippen molar-refractivity contribution in [3.8, 4) is 17.2 Å². The van der Waals surface area contributed by atoms with Gasteiger partial charge in [-0.2, -0.15) is 0 Å². The predicted molar refractivity (Wildman–Crippen MR) is 119 cm³/mol. The molecule has 0 aromatic carbocycles. The Morgan fingerprint density at radius 1 is 1.16 bits per heavy atom. The topological polar surface area (TPSA) is 85.2 Å². The third kappa shape index (κ3) is 3.20. The van der Waals surface area contributed by atoms with Crippen molar-refractivity contribution in [1.82, 2.24) is 34.5 Å². The van der Waals surface area contributed by atoms with E-state index in [0.29, 0.717) is 52.4 Å². The van der Waals surface area contributed by atoms with E-state index in [1.165, 1.54) is 31.9 Å². The number of aromatic amines is 1. The monoisotopic (exact) mass is 451 g/mol. The number of rotatable bonds is 4. The lowest BCUT2D eigenvalue weighted by Gasteiger charge is -2.47. The third-order valence-corrected chi connectivity index (χ3v) is 7.70. The lowest BCUT2D eigenvalue weighted by atomic mass is 9.58. The fourth-order valence-electron chi connectivity index (χ4n) is 5.79. The second-order valence-electron chi connectivity index (χ2n) is 9.10. The molecule has 7 nitrogen and oxygen atoms in total. The van der Waals surface area contributed by atoms with Gasteiger partial charge in [-0.05, 0) is 55.8 Å². The summed E-state index contributed by atoms with van der Waals surface area (Å²) in [6.07, 6.45) is 13.8. The zero-order chi connectivity index (χ0) is 21.8. The van der Waals surface area contributed by atoms with Crippen molar-refractivity contribution in [2.24, 2.45) is 23.7 Å². The third-order valence-electron chi connectivity index (χ3n) is 7.51. The summed E-state index contributed by atoms with van der Waals surface area (Å²) in [7, 11) is 0. The molecule has 3 fully saturated rings. The van der Waals surface area contributed by atoms with Crippen LogP contribution in [0, 0.1) is 29.5 Å². The average molecular weight is 452 g/mol. The van der Waals surface area contributed by atoms with Gasteiger partial charge in [0.1, 0.15) is 17.0 Å². The van der Waals surface area contributed by atoms with Crippen LogP contribution in [0.15, 0.2) is 31.1 Å². The zero-order valence-electron chi connectivity index (χ0n) is 17.7. The van der Waals surface area contributed by atoms with Crippen LogP contribution in [0.4, 0.5) is 4.39 Å². The highest BCUT2D eigenvalue weighted by molar-refractivity contribution is 6.29. The van der Waals surface area contributed by atoms with E-state index < -0.39 is 0 Å². The number of aromatic nitrogens is 7. The molecule has 0 aliphatic heterocycles. The van der Waals surface area contributed by atoms with Crippen LogP contribution in [0.25, 0.3) is 28.4 Å². The highest BCUT2D eigenvalue weighted by Crippen LogP contribution is 2.49. The predicted octanol–water partition coefficient (Wildman–Crippen LogP) is 5.01. The van der Waals surface area contributed by atoms with E-state index in [0.717, 1.165) is 5.92 Å². The molecule has 0 radical (unpaired) electrons. The molecule has 3 aliphatic rings. The lowest BCUT2D eigenvalue weighted by molar-refractivity contribution is 0.0334. The minimum absolute atomic E-state index is 0.195. The number of hydrogen-bond acceptors (Lipinski definition) is 5. The standard InChI is InChI=1S/C23H23ClFN7/c1-12-13-2-4-14(5-3-13)15(12)8-17-19(25)23(32-7-6-26-11-32)31-21(29-17)16-9-27-22-20(16)30-18(24)10-28-22/h6-7,9-15H,2-5,8H2,1H3,(H,27,28)/t12-,13?,14?,15+/m0/s1. The second-order valence-corrected chi connectivity index (χ2v) is 9.48. The number of H-pyrrole nitrogens is 1. The Bertz CT molecular complexity index is 1280. The largest absolute Gasteiger partial charge is 0.344 e. The summed E-state index contributed by atoms with van der Waals surface area (Å²) < 4.78 is 17.3. The molecule has 9 heteroatoms. The van der Waals surface area contributed by atoms with Gasteiger partial charge in [-0.15, -0.1) is 0 Å². The number of nitrogens with zero attached hydrogens (tertiary/aromatic N) is 6. The van der Waals surface area contributed by atoms with Gasteiger partial charge in [-0.3, -0.25) is 4.57 Å². The summed E-state index contributed by atoms with van der Waals surface area (Å²) in [6.45, 7) is 2.33. The molecule has 4 aromatic heterocycles. The number of imidazole rings is 1. The van der Waals surface area contributed by atoms with E-state index in [1.54, 1.807) is 29.5 Å². The van der Waals surface area contributed by atoms with Crippen LogP contribution >= 0.6 is 11.6 Å². The molecule has 0 amide bonds. The van der Waals surface area contributed by atoms with Gasteiger partial charge in [0.25, 0.3) is 0 Å². The summed E-state index contributed by atoms with van der Waals surface area (Å²) in [5.74, 6) is 2.62. The molecular weight excluding hydrogens is 429 g/mol. The first kappa shape index (κ1) is 19.8. The van der Waals surface area contributed by atoms with Crippen molar-refractivity contribution < 1.29 is 4.39 Å². The Hall–Kier alpha value is -2.87. The Kier molecular flexibility index (Phi) is 4.71. The van der Waals surface area contributed by atoms with E-state index in [9.17, 15) is 0 Å². The fourth-order valence-corrected chi connectivity index (χ4v) is 5.92. The van der Waals surface area contributed by atoms with Gasteiger partial charge in [0.2, 0.25) is 0 Å². The van der Waals surface area contributed by atoms with Crippen LogP contribution in [0.5, 0.6) is 0 Å². The summed E-state index contributed by atoms with van der Waals surface area (Å²) >= 11 is 6.08. The highest BCUT2D eigenvalue weighted by atomic mass is 35.5. The molecule has 4 heterocycles. The molecular formula is C23H23ClFN7. The smallest absolute Gasteiger partial charge is 0.187 e. The summed E-state index contributed by atoms with van der Waals surface area (Å²) in [6, 6.07) is 0. The molecule has 1 N–H and O–H groups in total. The molecule has 2 bridgehead atoms. The van der Waals surface area contributed by atoms with Crippen LogP contribution in [-0.2, 0) is 6.42 Å². The Morgan fingerprint density at radius 2 is 1.97 bits per heavy atom. The maximum Gasteiger partial charge on any atom is 0.187 e. The van der Waals surface area contributed by atoms with Gasteiger partial charge in [-0.1, -0.05) is 18.5 Å². The van der Waals surface area contributed by atoms with Crippen molar-refractivity contribution in [3.05, 3.63) is 47.8 Å². The molecule has 3 aliphatic carbocycles. The van der Waals surface area contributed by atoms with Gasteiger partial charge in [0.15, 0.2) is 23.1 Å². The van der Waals surface area contributed by atoms with Crippen LogP contribution in [0.2, 0.25) is 5.15 Å². The molecule has 164 valence electrons. The number of nitrogens with one attached hydrogen (secondary N) is 1. The van der Waals surface area contributed by atoms with Crippen LogP contribution in [0.1, 0.15) is 38.3 Å². The van der Waals surface area contributed by atoms with Crippen LogP contribution in [0.3, 0.4) is 0 Å². The Balaban J connectivity index is 1.48. The number of fused-ring (bicyclic) bond motifs is 4. The first-order valence-corrected chi connectivity index (χ1v) is 11.5. The number of halogens is 2. The molecule has 0 saturated heterocycles. The Labute approximate surface area is 189 Å². The maximum absolute atomic E-state index is 15.7. The van der Waals surface area contributed by atoms with E-state index in [2.05, 4.69) is 31.8 Å². The summed E-state index contributed by atoms with van der Waals surface area (Å²) in [5.41, 5.74) is 2.25. The van der Waals surface area contributed by atoms with Crippen LogP contribution in [-0.4, -0.2) is 34.5 Å². The zero-order valence-corrected chi connectivity index (χ0v) is 18.4. The van der Waals surface area contributed by atoms with Gasteiger partial charge in [0.05, 0.1) is 17.5 Å². The molecule has 4 aromatic rings. The fraction of sp³-hybridized carbons (Fsp3) is 0.435. The molecule has 32 heavy (non-hydrogen) atoms. The summed E-state index contributed by atoms with van der Waals surface area (Å²) in [4.78, 5) is 25.1.